The maximum Gasteiger partial charge on any atom is -0.412 e. The Morgan fingerprint density at radius 3 is 2.05 bits per heavy atom. The summed E-state index contributed by atoms with van der Waals surface area (Å²) in [7, 11) is 0. The molecule has 119 valence electrons. The number of benzene rings is 1. The molecule has 0 spiro atoms. The third-order valence-electron chi connectivity index (χ3n) is 2.40. The SMILES string of the molecule is CCOC(=O)CC(=O)N(CC)c1cc[c]([Ge])cc1.O.O.O. The second-order valence-corrected chi connectivity index (χ2v) is 4.88. The summed E-state index contributed by atoms with van der Waals surface area (Å²) in [5.41, 5.74) is 0.803. The Balaban J connectivity index is -0.00000108. The number of hydrogen-bond donors (Lipinski definition) is 0. The van der Waals surface area contributed by atoms with Crippen LogP contribution < -0.4 is 9.30 Å². The van der Waals surface area contributed by atoms with Gasteiger partial charge in [-0.15, -0.1) is 0 Å². The number of rotatable bonds is 5. The van der Waals surface area contributed by atoms with Gasteiger partial charge in [-0.1, -0.05) is 0 Å². The van der Waals surface area contributed by atoms with Crippen molar-refractivity contribution in [3.63, 3.8) is 0 Å². The van der Waals surface area contributed by atoms with Crippen molar-refractivity contribution in [3.8, 4) is 0 Å². The number of anilines is 1. The summed E-state index contributed by atoms with van der Waals surface area (Å²) in [6.45, 7) is 4.42. The second-order valence-electron chi connectivity index (χ2n) is 3.67. The van der Waals surface area contributed by atoms with E-state index in [0.29, 0.717) is 13.2 Å². The topological polar surface area (TPSA) is 141 Å². The maximum atomic E-state index is 12.0. The fourth-order valence-electron chi connectivity index (χ4n) is 1.58. The maximum absolute atomic E-state index is 12.0. The predicted octanol–water partition coefficient (Wildman–Crippen LogP) is -1.69. The molecule has 0 saturated heterocycles. The normalized spacial score (nSPS) is 8.52. The molecule has 1 amide bonds. The van der Waals surface area contributed by atoms with Gasteiger partial charge in [-0.3, -0.25) is 0 Å². The van der Waals surface area contributed by atoms with Crippen LogP contribution in [0.4, 0.5) is 5.69 Å². The van der Waals surface area contributed by atoms with Crippen molar-refractivity contribution in [2.24, 2.45) is 0 Å². The molecule has 1 rings (SSSR count). The average Bonchev–Trinajstić information content (AvgIpc) is 2.32. The average molecular weight is 361 g/mol. The molecule has 0 aliphatic carbocycles. The molecule has 0 saturated carbocycles. The zero-order chi connectivity index (χ0) is 13.5. The van der Waals surface area contributed by atoms with E-state index in [1.54, 1.807) is 11.8 Å². The van der Waals surface area contributed by atoms with Crippen LogP contribution >= 0.6 is 0 Å². The Hall–Kier alpha value is -1.42. The summed E-state index contributed by atoms with van der Waals surface area (Å²) in [4.78, 5) is 24.8. The molecule has 1 aromatic carbocycles. The van der Waals surface area contributed by atoms with Gasteiger partial charge in [0.1, 0.15) is 0 Å². The van der Waals surface area contributed by atoms with Gasteiger partial charge in [0, 0.05) is 0 Å². The van der Waals surface area contributed by atoms with E-state index in [4.69, 9.17) is 4.74 Å². The van der Waals surface area contributed by atoms with Crippen molar-refractivity contribution in [1.82, 2.24) is 0 Å². The second kappa shape index (κ2) is 12.3. The fourth-order valence-corrected chi connectivity index (χ4v) is 1.92. The fraction of sp³-hybridized carbons (Fsp3) is 0.385. The molecule has 0 aromatic heterocycles. The van der Waals surface area contributed by atoms with Gasteiger partial charge in [0.15, 0.2) is 0 Å². The van der Waals surface area contributed by atoms with Gasteiger partial charge in [-0.05, 0) is 0 Å². The van der Waals surface area contributed by atoms with Crippen molar-refractivity contribution in [1.29, 1.82) is 0 Å². The van der Waals surface area contributed by atoms with Crippen LogP contribution in [0.15, 0.2) is 24.3 Å². The first-order valence-corrected chi connectivity index (χ1v) is 6.91. The Bertz CT molecular complexity index is 423. The van der Waals surface area contributed by atoms with Crippen LogP contribution in [0, 0.1) is 0 Å². The zero-order valence-electron chi connectivity index (χ0n) is 12.1. The smallest absolute Gasteiger partial charge is 0.412 e. The minimum Gasteiger partial charge on any atom is -0.412 e. The summed E-state index contributed by atoms with van der Waals surface area (Å²) >= 11 is 1.99. The van der Waals surface area contributed by atoms with Crippen LogP contribution in [0.3, 0.4) is 0 Å². The Kier molecular flexibility index (Phi) is 14.4. The molecule has 21 heavy (non-hydrogen) atoms. The number of ether oxygens (including phenoxy) is 1. The molecule has 0 atom stereocenters. The van der Waals surface area contributed by atoms with E-state index in [1.165, 1.54) is 0 Å². The van der Waals surface area contributed by atoms with Gasteiger partial charge in [-0.25, -0.2) is 0 Å². The molecule has 0 bridgehead atoms. The molecule has 0 unspecified atom stereocenters. The van der Waals surface area contributed by atoms with Crippen LogP contribution in [0.1, 0.15) is 20.3 Å². The van der Waals surface area contributed by atoms with Gasteiger partial charge in [-0.2, -0.15) is 0 Å². The number of carbonyl (C=O) groups is 2. The van der Waals surface area contributed by atoms with Crippen molar-refractivity contribution < 1.29 is 30.8 Å². The van der Waals surface area contributed by atoms with Crippen LogP contribution in [-0.4, -0.2) is 58.0 Å². The van der Waals surface area contributed by atoms with Gasteiger partial charge in [0.2, 0.25) is 0 Å². The number of hydrogen-bond acceptors (Lipinski definition) is 3. The molecule has 6 N–H and O–H groups in total. The third kappa shape index (κ3) is 7.81. The van der Waals surface area contributed by atoms with Gasteiger partial charge in [0.05, 0.1) is 0 Å². The van der Waals surface area contributed by atoms with Crippen molar-refractivity contribution in [3.05, 3.63) is 24.3 Å². The number of carbonyl (C=O) groups excluding carboxylic acids is 2. The molecule has 1 aromatic rings. The first kappa shape index (κ1) is 24.6. The molecule has 3 radical (unpaired) electrons. The molecule has 0 aliphatic rings. The quantitative estimate of drug-likeness (QED) is 0.351. The Labute approximate surface area is 132 Å². The minimum absolute atomic E-state index is 0. The van der Waals surface area contributed by atoms with E-state index in [-0.39, 0.29) is 28.8 Å². The third-order valence-corrected chi connectivity index (χ3v) is 3.10. The van der Waals surface area contributed by atoms with Crippen LogP contribution in [0.2, 0.25) is 0 Å². The van der Waals surface area contributed by atoms with E-state index in [9.17, 15) is 9.59 Å². The standard InChI is InChI=1S/C13H16GeNO3.3H2O/c1-3-15(11-7-5-10(14)6-8-11)12(16)9-13(17)18-4-2;;;/h5-8H,3-4,9H2,1-2H3;3*1H2. The minimum atomic E-state index is -0.479. The van der Waals surface area contributed by atoms with Gasteiger partial charge < -0.3 is 16.4 Å². The van der Waals surface area contributed by atoms with Crippen molar-refractivity contribution in [2.45, 2.75) is 20.3 Å². The van der Waals surface area contributed by atoms with E-state index in [2.05, 4.69) is 0 Å². The van der Waals surface area contributed by atoms with Crippen LogP contribution in [-0.2, 0) is 14.3 Å². The zero-order valence-corrected chi connectivity index (χ0v) is 14.2. The predicted molar refractivity (Wildman–Crippen MR) is 81.9 cm³/mol. The van der Waals surface area contributed by atoms with E-state index in [0.717, 1.165) is 10.1 Å². The first-order chi connectivity index (χ1) is 8.58. The van der Waals surface area contributed by atoms with E-state index < -0.39 is 5.97 Å². The molecule has 0 heterocycles. The summed E-state index contributed by atoms with van der Waals surface area (Å²) in [6.07, 6.45) is -0.213. The van der Waals surface area contributed by atoms with Crippen LogP contribution in [0.5, 0.6) is 0 Å². The molecule has 7 nitrogen and oxygen atoms in total. The molecule has 8 heteroatoms. The van der Waals surface area contributed by atoms with Gasteiger partial charge >= 0.3 is 115 Å². The first-order valence-electron chi connectivity index (χ1n) is 5.86. The van der Waals surface area contributed by atoms with E-state index in [1.807, 2.05) is 47.7 Å². The number of esters is 1. The Morgan fingerprint density at radius 2 is 1.62 bits per heavy atom. The molecule has 0 fully saturated rings. The summed E-state index contributed by atoms with van der Waals surface area (Å²) < 4.78 is 5.91. The van der Waals surface area contributed by atoms with Gasteiger partial charge in [0.25, 0.3) is 0 Å². The summed E-state index contributed by atoms with van der Waals surface area (Å²) in [6, 6.07) is 7.63. The monoisotopic (exact) mass is 362 g/mol. The summed E-state index contributed by atoms with van der Waals surface area (Å²) in [5.74, 6) is -0.715. The molecule has 0 aliphatic heterocycles. The summed E-state index contributed by atoms with van der Waals surface area (Å²) in [5, 5.41) is 0. The molecular formula is C13H22GeNO6. The largest absolute Gasteiger partial charge is 0.412 e. The van der Waals surface area contributed by atoms with Crippen LogP contribution in [0.25, 0.3) is 0 Å². The number of nitrogens with zero attached hydrogens (tertiary/aromatic N) is 1. The number of amides is 1. The van der Waals surface area contributed by atoms with E-state index >= 15 is 0 Å². The Morgan fingerprint density at radius 1 is 1.10 bits per heavy atom. The van der Waals surface area contributed by atoms with Crippen molar-refractivity contribution in [2.75, 3.05) is 18.1 Å². The van der Waals surface area contributed by atoms with Crippen molar-refractivity contribution >= 4 is 38.5 Å². The molecular weight excluding hydrogens is 339 g/mol.